The number of piperazine rings is 1. The molecule has 1 aliphatic carbocycles. The highest BCUT2D eigenvalue weighted by Gasteiger charge is 2.52. The summed E-state index contributed by atoms with van der Waals surface area (Å²) >= 11 is 5.78. The number of carbonyl (C=O) groups excluding carboxylic acids is 2. The number of hydrogen-bond acceptors (Lipinski definition) is 2. The van der Waals surface area contributed by atoms with Gasteiger partial charge in [-0.1, -0.05) is 44.2 Å². The summed E-state index contributed by atoms with van der Waals surface area (Å²) in [5, 5.41) is 2.97. The van der Waals surface area contributed by atoms with Crippen molar-refractivity contribution in [1.29, 1.82) is 0 Å². The van der Waals surface area contributed by atoms with Gasteiger partial charge in [0.1, 0.15) is 11.6 Å². The van der Waals surface area contributed by atoms with Crippen LogP contribution in [0, 0.1) is 0 Å². The van der Waals surface area contributed by atoms with Crippen LogP contribution in [0.25, 0.3) is 0 Å². The molecule has 1 aliphatic heterocycles. The van der Waals surface area contributed by atoms with Crippen LogP contribution in [-0.4, -0.2) is 34.8 Å². The highest BCUT2D eigenvalue weighted by molar-refractivity contribution is 6.25. The molecule has 4 nitrogen and oxygen atoms in total. The molecule has 1 spiro atoms. The van der Waals surface area contributed by atoms with Crippen LogP contribution in [0.3, 0.4) is 0 Å². The van der Waals surface area contributed by atoms with E-state index in [2.05, 4.69) is 5.32 Å². The molecule has 0 radical (unpaired) electrons. The summed E-state index contributed by atoms with van der Waals surface area (Å²) in [7, 11) is 0. The first-order valence-corrected chi connectivity index (χ1v) is 8.37. The first-order chi connectivity index (χ1) is 10.0. The third-order valence-electron chi connectivity index (χ3n) is 4.66. The second-order valence-electron chi connectivity index (χ2n) is 6.29. The van der Waals surface area contributed by atoms with Gasteiger partial charge in [-0.15, -0.1) is 0 Å². The Morgan fingerprint density at radius 3 is 2.62 bits per heavy atom. The van der Waals surface area contributed by atoms with Crippen LogP contribution in [0.2, 0.25) is 0 Å². The monoisotopic (exact) mass is 312 g/mol. The molecule has 118 valence electrons. The molecular formula is C16H25ClN2O2. The van der Waals surface area contributed by atoms with Crippen molar-refractivity contribution in [3.05, 3.63) is 11.1 Å². The van der Waals surface area contributed by atoms with Crippen molar-refractivity contribution in [3.63, 3.8) is 0 Å². The van der Waals surface area contributed by atoms with E-state index in [1.807, 2.05) is 13.8 Å². The van der Waals surface area contributed by atoms with Gasteiger partial charge in [-0.05, 0) is 31.8 Å². The molecule has 0 aromatic carbocycles. The van der Waals surface area contributed by atoms with Gasteiger partial charge in [0.05, 0.1) is 0 Å². The Bertz CT molecular complexity index is 442. The average Bonchev–Trinajstić information content (AvgIpc) is 2.50. The summed E-state index contributed by atoms with van der Waals surface area (Å²) < 4.78 is 0. The lowest BCUT2D eigenvalue weighted by molar-refractivity contribution is -0.159. The van der Waals surface area contributed by atoms with Crippen LogP contribution >= 0.6 is 11.6 Å². The molecule has 1 N–H and O–H groups in total. The standard InChI is InChI=1S/C16H25ClN2O2/c1-3-7-13-14(20)19(11-12(2)10-17)16(15(21)18-13)8-5-4-6-9-16/h10,13H,3-9,11H2,1-2H3,(H,18,21). The van der Waals surface area contributed by atoms with Gasteiger partial charge in [-0.25, -0.2) is 0 Å². The SMILES string of the molecule is CCCC1NC(=O)C2(CCCCC2)N(CC(C)=CCl)C1=O. The van der Waals surface area contributed by atoms with Crippen molar-refractivity contribution < 1.29 is 9.59 Å². The molecule has 21 heavy (non-hydrogen) atoms. The van der Waals surface area contributed by atoms with Crippen molar-refractivity contribution in [3.8, 4) is 0 Å². The van der Waals surface area contributed by atoms with Crippen molar-refractivity contribution in [2.45, 2.75) is 70.4 Å². The van der Waals surface area contributed by atoms with Crippen molar-refractivity contribution >= 4 is 23.4 Å². The van der Waals surface area contributed by atoms with Crippen LogP contribution in [-0.2, 0) is 9.59 Å². The van der Waals surface area contributed by atoms with E-state index in [1.165, 1.54) is 5.54 Å². The minimum Gasteiger partial charge on any atom is -0.342 e. The minimum absolute atomic E-state index is 0.0302. The van der Waals surface area contributed by atoms with Gasteiger partial charge in [0.25, 0.3) is 0 Å². The van der Waals surface area contributed by atoms with Crippen LogP contribution in [0.1, 0.15) is 58.8 Å². The predicted octanol–water partition coefficient (Wildman–Crippen LogP) is 2.96. The fourth-order valence-corrected chi connectivity index (χ4v) is 3.58. The zero-order valence-electron chi connectivity index (χ0n) is 13.0. The molecule has 2 rings (SSSR count). The van der Waals surface area contributed by atoms with Crippen LogP contribution in [0.15, 0.2) is 11.1 Å². The molecule has 2 amide bonds. The maximum atomic E-state index is 12.8. The summed E-state index contributed by atoms with van der Waals surface area (Å²) in [6, 6.07) is -0.377. The molecule has 0 aromatic rings. The molecular weight excluding hydrogens is 288 g/mol. The van der Waals surface area contributed by atoms with Crippen molar-refractivity contribution in [2.75, 3.05) is 6.54 Å². The lowest BCUT2D eigenvalue weighted by Crippen LogP contribution is -2.71. The van der Waals surface area contributed by atoms with E-state index < -0.39 is 5.54 Å². The zero-order valence-corrected chi connectivity index (χ0v) is 13.7. The molecule has 1 unspecified atom stereocenters. The van der Waals surface area contributed by atoms with Crippen molar-refractivity contribution in [1.82, 2.24) is 10.2 Å². The normalized spacial score (nSPS) is 26.1. The van der Waals surface area contributed by atoms with E-state index in [4.69, 9.17) is 11.6 Å². The second-order valence-corrected chi connectivity index (χ2v) is 6.51. The van der Waals surface area contributed by atoms with E-state index in [9.17, 15) is 9.59 Å². The van der Waals surface area contributed by atoms with Gasteiger partial charge in [-0.2, -0.15) is 0 Å². The first-order valence-electron chi connectivity index (χ1n) is 7.93. The first kappa shape index (κ1) is 16.3. The second kappa shape index (κ2) is 6.82. The fraction of sp³-hybridized carbons (Fsp3) is 0.750. The molecule has 2 aliphatic rings. The van der Waals surface area contributed by atoms with Gasteiger partial charge in [0.15, 0.2) is 0 Å². The average molecular weight is 313 g/mol. The molecule has 1 saturated carbocycles. The van der Waals surface area contributed by atoms with E-state index in [1.54, 1.807) is 4.90 Å². The maximum Gasteiger partial charge on any atom is 0.246 e. The molecule has 1 heterocycles. The van der Waals surface area contributed by atoms with Gasteiger partial charge < -0.3 is 10.2 Å². The smallest absolute Gasteiger partial charge is 0.246 e. The van der Waals surface area contributed by atoms with E-state index in [-0.39, 0.29) is 17.9 Å². The van der Waals surface area contributed by atoms with E-state index in [0.717, 1.165) is 44.1 Å². The summed E-state index contributed by atoms with van der Waals surface area (Å²) in [6.45, 7) is 4.38. The Labute approximate surface area is 131 Å². The summed E-state index contributed by atoms with van der Waals surface area (Å²) in [5.74, 6) is 0.0823. The summed E-state index contributed by atoms with van der Waals surface area (Å²) in [5.41, 5.74) is 1.77. The molecule has 1 saturated heterocycles. The predicted molar refractivity (Wildman–Crippen MR) is 84.0 cm³/mol. The Balaban J connectivity index is 2.32. The van der Waals surface area contributed by atoms with Gasteiger partial charge in [-0.3, -0.25) is 9.59 Å². The largest absolute Gasteiger partial charge is 0.342 e. The number of rotatable bonds is 4. The van der Waals surface area contributed by atoms with Crippen LogP contribution in [0.4, 0.5) is 0 Å². The Morgan fingerprint density at radius 2 is 2.05 bits per heavy atom. The van der Waals surface area contributed by atoms with Gasteiger partial charge in [0.2, 0.25) is 11.8 Å². The van der Waals surface area contributed by atoms with E-state index in [0.29, 0.717) is 13.0 Å². The van der Waals surface area contributed by atoms with Crippen LogP contribution in [0.5, 0.6) is 0 Å². The van der Waals surface area contributed by atoms with Crippen molar-refractivity contribution in [2.24, 2.45) is 0 Å². The lowest BCUT2D eigenvalue weighted by Gasteiger charge is -2.50. The van der Waals surface area contributed by atoms with Crippen LogP contribution < -0.4 is 5.32 Å². The third-order valence-corrected chi connectivity index (χ3v) is 5.03. The molecule has 1 atom stereocenters. The maximum absolute atomic E-state index is 12.8. The number of nitrogens with one attached hydrogen (secondary N) is 1. The Kier molecular flexibility index (Phi) is 5.31. The van der Waals surface area contributed by atoms with E-state index >= 15 is 0 Å². The molecule has 5 heteroatoms. The zero-order chi connectivity index (χ0) is 15.5. The number of amides is 2. The highest BCUT2D eigenvalue weighted by Crippen LogP contribution is 2.37. The Hall–Kier alpha value is -1.03. The summed E-state index contributed by atoms with van der Waals surface area (Å²) in [4.78, 5) is 27.4. The highest BCUT2D eigenvalue weighted by atomic mass is 35.5. The third kappa shape index (κ3) is 3.10. The topological polar surface area (TPSA) is 49.4 Å². The molecule has 2 fully saturated rings. The number of hydrogen-bond donors (Lipinski definition) is 1. The quantitative estimate of drug-likeness (QED) is 0.867. The number of carbonyl (C=O) groups is 2. The molecule has 0 bridgehead atoms. The fourth-order valence-electron chi connectivity index (χ4n) is 3.51. The minimum atomic E-state index is -0.652. The Morgan fingerprint density at radius 1 is 1.38 bits per heavy atom. The van der Waals surface area contributed by atoms with Gasteiger partial charge >= 0.3 is 0 Å². The lowest BCUT2D eigenvalue weighted by atomic mass is 9.77. The van der Waals surface area contributed by atoms with Gasteiger partial charge in [0, 0.05) is 12.1 Å². The number of halogens is 1. The summed E-state index contributed by atoms with van der Waals surface area (Å²) in [6.07, 6.45) is 6.24. The number of nitrogens with zero attached hydrogens (tertiary/aromatic N) is 1. The molecule has 0 aromatic heterocycles.